The second-order valence-corrected chi connectivity index (χ2v) is 9.94. The maximum Gasteiger partial charge on any atom is 0.291 e. The Hall–Kier alpha value is -4.10. The van der Waals surface area contributed by atoms with Crippen molar-refractivity contribution >= 4 is 16.9 Å². The number of hydrogen-bond acceptors (Lipinski definition) is 5. The van der Waals surface area contributed by atoms with Gasteiger partial charge in [-0.05, 0) is 49.2 Å². The van der Waals surface area contributed by atoms with Gasteiger partial charge < -0.3 is 23.7 Å². The van der Waals surface area contributed by atoms with Gasteiger partial charge in [-0.15, -0.1) is 0 Å². The molecular weight excluding hydrogens is 480 g/mol. The highest BCUT2D eigenvalue weighted by molar-refractivity contribution is 5.99. The van der Waals surface area contributed by atoms with Crippen molar-refractivity contribution in [1.82, 2.24) is 4.90 Å². The molecule has 38 heavy (non-hydrogen) atoms. The van der Waals surface area contributed by atoms with E-state index >= 15 is 0 Å². The van der Waals surface area contributed by atoms with Crippen LogP contribution in [0.1, 0.15) is 45.8 Å². The maximum absolute atomic E-state index is 13.7. The second kappa shape index (κ2) is 10.7. The van der Waals surface area contributed by atoms with E-state index in [9.17, 15) is 9.59 Å². The van der Waals surface area contributed by atoms with Gasteiger partial charge in [0.2, 0.25) is 5.76 Å². The number of nitrogens with zero attached hydrogens (tertiary/aromatic N) is 1. The Kier molecular flexibility index (Phi) is 7.20. The van der Waals surface area contributed by atoms with Crippen LogP contribution in [-0.4, -0.2) is 44.6 Å². The average molecular weight is 514 g/mol. The number of quaternary nitrogens is 1. The lowest BCUT2D eigenvalue weighted by molar-refractivity contribution is -0.857. The average Bonchev–Trinajstić information content (AvgIpc) is 3.19. The van der Waals surface area contributed by atoms with Gasteiger partial charge in [0.1, 0.15) is 12.2 Å². The van der Waals surface area contributed by atoms with Crippen LogP contribution in [0.4, 0.5) is 0 Å². The summed E-state index contributed by atoms with van der Waals surface area (Å²) in [6.45, 7) is 6.01. The van der Waals surface area contributed by atoms with E-state index in [-0.39, 0.29) is 17.1 Å². The predicted molar refractivity (Wildman–Crippen MR) is 146 cm³/mol. The van der Waals surface area contributed by atoms with Gasteiger partial charge in [-0.2, -0.15) is 0 Å². The number of carbonyl (C=O) groups excluding carboxylic acids is 1. The minimum absolute atomic E-state index is 0.116. The fourth-order valence-electron chi connectivity index (χ4n) is 4.82. The summed E-state index contributed by atoms with van der Waals surface area (Å²) in [5.74, 6) is 1.02. The minimum atomic E-state index is -0.580. The van der Waals surface area contributed by atoms with E-state index in [4.69, 9.17) is 13.9 Å². The molecule has 0 spiro atoms. The quantitative estimate of drug-likeness (QED) is 0.369. The van der Waals surface area contributed by atoms with Crippen LogP contribution in [0, 0.1) is 6.92 Å². The molecule has 0 fully saturated rings. The van der Waals surface area contributed by atoms with Gasteiger partial charge in [0.25, 0.3) is 5.91 Å². The predicted octanol–water partition coefficient (Wildman–Crippen LogP) is 3.77. The molecule has 0 radical (unpaired) electrons. The van der Waals surface area contributed by atoms with Crippen molar-refractivity contribution in [3.05, 3.63) is 105 Å². The maximum atomic E-state index is 13.7. The van der Waals surface area contributed by atoms with Crippen molar-refractivity contribution in [2.45, 2.75) is 26.5 Å². The first-order chi connectivity index (χ1) is 18.4. The molecule has 1 aromatic heterocycles. The van der Waals surface area contributed by atoms with Crippen molar-refractivity contribution in [3.8, 4) is 11.5 Å². The molecule has 1 aliphatic heterocycles. The van der Waals surface area contributed by atoms with Gasteiger partial charge in [0.15, 0.2) is 16.9 Å². The lowest BCUT2D eigenvalue weighted by atomic mass is 9.98. The van der Waals surface area contributed by atoms with E-state index in [0.717, 1.165) is 17.7 Å². The lowest BCUT2D eigenvalue weighted by Gasteiger charge is -2.26. The van der Waals surface area contributed by atoms with E-state index in [1.165, 1.54) is 10.5 Å². The van der Waals surface area contributed by atoms with E-state index in [1.54, 1.807) is 29.2 Å². The van der Waals surface area contributed by atoms with E-state index in [1.807, 2.05) is 51.4 Å². The van der Waals surface area contributed by atoms with Gasteiger partial charge >= 0.3 is 0 Å². The van der Waals surface area contributed by atoms with Crippen LogP contribution in [0.5, 0.6) is 11.5 Å². The van der Waals surface area contributed by atoms with Crippen LogP contribution in [0.3, 0.4) is 0 Å². The van der Waals surface area contributed by atoms with Gasteiger partial charge in [-0.25, -0.2) is 0 Å². The Balaban J connectivity index is 1.56. The molecule has 0 saturated carbocycles. The molecule has 3 aromatic carbocycles. The van der Waals surface area contributed by atoms with E-state index < -0.39 is 6.04 Å². The molecular formula is C31H33N2O5+. The number of hydrogen-bond donors (Lipinski definition) is 1. The molecule has 196 valence electrons. The zero-order chi connectivity index (χ0) is 26.8. The van der Waals surface area contributed by atoms with Crippen LogP contribution in [0.15, 0.2) is 75.9 Å². The van der Waals surface area contributed by atoms with Crippen LogP contribution in [0.25, 0.3) is 11.0 Å². The standard InChI is InChI=1S/C31H32N2O5/c1-5-36-26-18-22(14-15-25(26)37-19-21-12-10-20(2)11-13-21)28-27-29(34)23-8-6-7-9-24(23)38-30(27)31(35)33(28)17-16-32(3)4/h6-15,18,28H,5,16-17,19H2,1-4H3/p+1/t28-/m1/s1. The molecule has 0 bridgehead atoms. The van der Waals surface area contributed by atoms with Crippen molar-refractivity contribution in [1.29, 1.82) is 0 Å². The third kappa shape index (κ3) is 4.89. The third-order valence-electron chi connectivity index (χ3n) is 6.82. The summed E-state index contributed by atoms with van der Waals surface area (Å²) < 4.78 is 18.1. The molecule has 1 amide bonds. The van der Waals surface area contributed by atoms with E-state index in [0.29, 0.717) is 47.8 Å². The lowest BCUT2D eigenvalue weighted by Crippen LogP contribution is -3.06. The van der Waals surface area contributed by atoms with Crippen LogP contribution >= 0.6 is 0 Å². The Morgan fingerprint density at radius 1 is 0.947 bits per heavy atom. The first-order valence-electron chi connectivity index (χ1n) is 13.0. The molecule has 4 aromatic rings. The number of amides is 1. The number of ether oxygens (including phenoxy) is 2. The topological polar surface area (TPSA) is 73.4 Å². The zero-order valence-corrected chi connectivity index (χ0v) is 22.2. The highest BCUT2D eigenvalue weighted by Gasteiger charge is 2.43. The summed E-state index contributed by atoms with van der Waals surface area (Å²) in [5, 5.41) is 0.465. The molecule has 1 aliphatic rings. The highest BCUT2D eigenvalue weighted by Crippen LogP contribution is 2.41. The first kappa shape index (κ1) is 25.5. The van der Waals surface area contributed by atoms with Gasteiger partial charge in [0, 0.05) is 0 Å². The summed E-state index contributed by atoms with van der Waals surface area (Å²) in [7, 11) is 4.07. The van der Waals surface area contributed by atoms with Gasteiger partial charge in [-0.3, -0.25) is 9.59 Å². The van der Waals surface area contributed by atoms with Crippen LogP contribution in [-0.2, 0) is 6.61 Å². The monoisotopic (exact) mass is 513 g/mol. The molecule has 2 heterocycles. The Morgan fingerprint density at radius 2 is 1.71 bits per heavy atom. The Labute approximate surface area is 222 Å². The second-order valence-electron chi connectivity index (χ2n) is 9.94. The van der Waals surface area contributed by atoms with Crippen LogP contribution < -0.4 is 19.8 Å². The van der Waals surface area contributed by atoms with E-state index in [2.05, 4.69) is 19.1 Å². The summed E-state index contributed by atoms with van der Waals surface area (Å²) in [6, 6.07) is 20.3. The molecule has 7 nitrogen and oxygen atoms in total. The molecule has 5 rings (SSSR count). The summed E-state index contributed by atoms with van der Waals surface area (Å²) in [6.07, 6.45) is 0. The van der Waals surface area contributed by atoms with Crippen LogP contribution in [0.2, 0.25) is 0 Å². The number of carbonyl (C=O) groups is 1. The molecule has 1 atom stereocenters. The van der Waals surface area contributed by atoms with Crippen molar-refractivity contribution in [2.75, 3.05) is 33.8 Å². The molecule has 7 heteroatoms. The van der Waals surface area contributed by atoms with Gasteiger partial charge in [-0.1, -0.05) is 48.0 Å². The Morgan fingerprint density at radius 3 is 2.45 bits per heavy atom. The molecule has 0 aliphatic carbocycles. The fourth-order valence-corrected chi connectivity index (χ4v) is 4.82. The molecule has 1 N–H and O–H groups in total. The highest BCUT2D eigenvalue weighted by atomic mass is 16.5. The number of nitrogens with one attached hydrogen (secondary N) is 1. The summed E-state index contributed by atoms with van der Waals surface area (Å²) >= 11 is 0. The number of fused-ring (bicyclic) bond motifs is 2. The molecule has 0 unspecified atom stereocenters. The number of likely N-dealkylation sites (N-methyl/N-ethyl adjacent to an activating group) is 1. The van der Waals surface area contributed by atoms with Crippen molar-refractivity contribution in [3.63, 3.8) is 0 Å². The minimum Gasteiger partial charge on any atom is -0.490 e. The largest absolute Gasteiger partial charge is 0.490 e. The SMILES string of the molecule is CCOc1cc([C@@H]2c3c(oc4ccccc4c3=O)C(=O)N2CC[NH+](C)C)ccc1OCc1ccc(C)cc1. The molecule has 0 saturated heterocycles. The summed E-state index contributed by atoms with van der Waals surface area (Å²) in [4.78, 5) is 30.2. The first-order valence-corrected chi connectivity index (χ1v) is 13.0. The van der Waals surface area contributed by atoms with Gasteiger partial charge in [0.05, 0.1) is 50.8 Å². The summed E-state index contributed by atoms with van der Waals surface area (Å²) in [5.41, 5.74) is 3.63. The number of rotatable bonds is 9. The smallest absolute Gasteiger partial charge is 0.291 e. The number of para-hydroxylation sites is 1. The normalized spacial score (nSPS) is 14.8. The fraction of sp³-hybridized carbons (Fsp3) is 0.290. The Bertz CT molecular complexity index is 1520. The number of benzene rings is 3. The van der Waals surface area contributed by atoms with Crippen molar-refractivity contribution < 1.29 is 23.6 Å². The third-order valence-corrected chi connectivity index (χ3v) is 6.82. The van der Waals surface area contributed by atoms with Crippen molar-refractivity contribution in [2.24, 2.45) is 0 Å². The number of aryl methyl sites for hydroxylation is 1. The zero-order valence-electron chi connectivity index (χ0n) is 22.2.